The molecule has 1 N–H and O–H groups in total. The van der Waals surface area contributed by atoms with E-state index in [0.717, 1.165) is 44.9 Å². The van der Waals surface area contributed by atoms with E-state index in [2.05, 4.69) is 19.1 Å². The zero-order valence-electron chi connectivity index (χ0n) is 12.5. The summed E-state index contributed by atoms with van der Waals surface area (Å²) in [5.41, 5.74) is 1.30. The van der Waals surface area contributed by atoms with Crippen molar-refractivity contribution in [2.75, 3.05) is 12.8 Å². The van der Waals surface area contributed by atoms with E-state index < -0.39 is 7.60 Å². The Hall–Kier alpha value is -0.630. The van der Waals surface area contributed by atoms with Crippen LogP contribution in [0.2, 0.25) is 0 Å². The van der Waals surface area contributed by atoms with Gasteiger partial charge < -0.3 is 9.42 Å². The number of hydrogen-bond acceptors (Lipinski definition) is 2. The van der Waals surface area contributed by atoms with Crippen molar-refractivity contribution in [1.29, 1.82) is 0 Å². The molecule has 0 spiro atoms. The summed E-state index contributed by atoms with van der Waals surface area (Å²) < 4.78 is 16.9. The topological polar surface area (TPSA) is 46.5 Å². The van der Waals surface area contributed by atoms with Crippen LogP contribution < -0.4 is 0 Å². The van der Waals surface area contributed by atoms with Gasteiger partial charge in [-0.2, -0.15) is 0 Å². The Bertz CT molecular complexity index is 392. The maximum atomic E-state index is 11.7. The highest BCUT2D eigenvalue weighted by Crippen LogP contribution is 2.43. The largest absolute Gasteiger partial charge is 0.328 e. The zero-order valence-corrected chi connectivity index (χ0v) is 13.4. The van der Waals surface area contributed by atoms with Crippen molar-refractivity contribution in [3.05, 3.63) is 35.9 Å². The molecule has 1 rings (SSSR count). The molecule has 0 aliphatic carbocycles. The molecule has 1 aromatic carbocycles. The lowest BCUT2D eigenvalue weighted by Crippen LogP contribution is -1.98. The molecule has 1 atom stereocenters. The molecule has 0 heterocycles. The van der Waals surface area contributed by atoms with E-state index in [9.17, 15) is 9.46 Å². The van der Waals surface area contributed by atoms with Crippen molar-refractivity contribution in [1.82, 2.24) is 0 Å². The quantitative estimate of drug-likeness (QED) is 0.472. The minimum Gasteiger partial charge on any atom is -0.324 e. The molecule has 0 aromatic heterocycles. The summed E-state index contributed by atoms with van der Waals surface area (Å²) >= 11 is 0. The van der Waals surface area contributed by atoms with Gasteiger partial charge in [-0.15, -0.1) is 0 Å². The molecule has 0 aliphatic rings. The van der Waals surface area contributed by atoms with Gasteiger partial charge in [0.25, 0.3) is 0 Å². The van der Waals surface area contributed by atoms with Crippen molar-refractivity contribution in [3.8, 4) is 0 Å². The average molecular weight is 298 g/mol. The van der Waals surface area contributed by atoms with Gasteiger partial charge >= 0.3 is 7.60 Å². The summed E-state index contributed by atoms with van der Waals surface area (Å²) in [6.45, 7) is 2.51. The minimum atomic E-state index is -3.34. The first-order chi connectivity index (χ1) is 9.64. The van der Waals surface area contributed by atoms with Crippen LogP contribution in [0.3, 0.4) is 0 Å². The average Bonchev–Trinajstić information content (AvgIpc) is 2.44. The molecule has 1 aromatic rings. The van der Waals surface area contributed by atoms with Crippen LogP contribution in [0.25, 0.3) is 0 Å². The summed E-state index contributed by atoms with van der Waals surface area (Å²) in [6.07, 6.45) is 7.16. The molecule has 1 unspecified atom stereocenters. The van der Waals surface area contributed by atoms with Gasteiger partial charge in [-0.25, -0.2) is 0 Å². The summed E-state index contributed by atoms with van der Waals surface area (Å²) in [4.78, 5) is 9.66. The Labute approximate surface area is 122 Å². The highest BCUT2D eigenvalue weighted by atomic mass is 31.2. The minimum absolute atomic E-state index is 0.297. The van der Waals surface area contributed by atoms with Gasteiger partial charge in [-0.05, 0) is 31.2 Å². The van der Waals surface area contributed by atoms with Crippen molar-refractivity contribution in [2.24, 2.45) is 0 Å². The van der Waals surface area contributed by atoms with Crippen LogP contribution in [0.4, 0.5) is 0 Å². The van der Waals surface area contributed by atoms with Crippen LogP contribution in [0.15, 0.2) is 30.3 Å². The Kier molecular flexibility index (Phi) is 8.84. The molecular weight excluding hydrogens is 271 g/mol. The molecule has 0 saturated carbocycles. The highest BCUT2D eigenvalue weighted by Gasteiger charge is 2.17. The molecule has 0 amide bonds. The van der Waals surface area contributed by atoms with Gasteiger partial charge in [0.15, 0.2) is 0 Å². The summed E-state index contributed by atoms with van der Waals surface area (Å²) in [6, 6.07) is 10.3. The van der Waals surface area contributed by atoms with E-state index >= 15 is 0 Å². The lowest BCUT2D eigenvalue weighted by atomic mass is 10.1. The van der Waals surface area contributed by atoms with E-state index in [0.29, 0.717) is 12.8 Å². The number of rotatable bonds is 11. The van der Waals surface area contributed by atoms with Crippen molar-refractivity contribution in [2.45, 2.75) is 51.9 Å². The van der Waals surface area contributed by atoms with E-state index in [1.165, 1.54) is 5.56 Å². The monoisotopic (exact) mass is 298 g/mol. The van der Waals surface area contributed by atoms with Crippen molar-refractivity contribution in [3.63, 3.8) is 0 Å². The van der Waals surface area contributed by atoms with Gasteiger partial charge in [-0.3, -0.25) is 4.57 Å². The van der Waals surface area contributed by atoms with Crippen molar-refractivity contribution >= 4 is 7.60 Å². The first-order valence-electron chi connectivity index (χ1n) is 7.64. The highest BCUT2D eigenvalue weighted by molar-refractivity contribution is 7.52. The van der Waals surface area contributed by atoms with Gasteiger partial charge in [-0.1, -0.05) is 56.5 Å². The zero-order chi connectivity index (χ0) is 14.7. The van der Waals surface area contributed by atoms with E-state index in [4.69, 9.17) is 4.52 Å². The number of aryl methyl sites for hydroxylation is 1. The third-order valence-corrected chi connectivity index (χ3v) is 4.76. The maximum absolute atomic E-state index is 11.7. The van der Waals surface area contributed by atoms with Crippen LogP contribution in [-0.4, -0.2) is 17.7 Å². The second-order valence-corrected chi connectivity index (χ2v) is 7.18. The molecule has 0 bridgehead atoms. The molecule has 114 valence electrons. The molecule has 20 heavy (non-hydrogen) atoms. The Morgan fingerprint density at radius 1 is 1.05 bits per heavy atom. The normalized spacial score (nSPS) is 14.1. The standard InChI is InChI=1S/C16H27O3P/c1-2-3-4-10-15-20(17,18)19-14-9-8-13-16-11-6-5-7-12-16/h5-7,11-12H,2-4,8-10,13-15H2,1H3,(H,17,18). The Balaban J connectivity index is 2.06. The van der Waals surface area contributed by atoms with Crippen LogP contribution in [0, 0.1) is 0 Å². The maximum Gasteiger partial charge on any atom is 0.328 e. The van der Waals surface area contributed by atoms with Crippen LogP contribution >= 0.6 is 7.60 Å². The fourth-order valence-electron chi connectivity index (χ4n) is 2.09. The molecule has 0 radical (unpaired) electrons. The predicted octanol–water partition coefficient (Wildman–Crippen LogP) is 4.79. The third-order valence-electron chi connectivity index (χ3n) is 3.29. The third kappa shape index (κ3) is 8.52. The van der Waals surface area contributed by atoms with Crippen LogP contribution in [0.1, 0.15) is 51.0 Å². The van der Waals surface area contributed by atoms with Gasteiger partial charge in [0.2, 0.25) is 0 Å². The second kappa shape index (κ2) is 10.1. The number of hydrogen-bond donors (Lipinski definition) is 1. The van der Waals surface area contributed by atoms with Gasteiger partial charge in [0, 0.05) is 6.16 Å². The van der Waals surface area contributed by atoms with E-state index in [1.54, 1.807) is 0 Å². The smallest absolute Gasteiger partial charge is 0.324 e. The Morgan fingerprint density at radius 2 is 1.80 bits per heavy atom. The van der Waals surface area contributed by atoms with Gasteiger partial charge in [0.05, 0.1) is 6.61 Å². The van der Waals surface area contributed by atoms with Crippen LogP contribution in [-0.2, 0) is 15.5 Å². The predicted molar refractivity (Wildman–Crippen MR) is 84.2 cm³/mol. The molecule has 0 aliphatic heterocycles. The molecule has 0 fully saturated rings. The second-order valence-electron chi connectivity index (χ2n) is 5.20. The molecule has 4 heteroatoms. The van der Waals surface area contributed by atoms with E-state index in [-0.39, 0.29) is 0 Å². The fourth-order valence-corrected chi connectivity index (χ4v) is 3.25. The van der Waals surface area contributed by atoms with Crippen molar-refractivity contribution < 1.29 is 14.0 Å². The number of unbranched alkanes of at least 4 members (excludes halogenated alkanes) is 4. The van der Waals surface area contributed by atoms with E-state index in [1.807, 2.05) is 18.2 Å². The lowest BCUT2D eigenvalue weighted by molar-refractivity contribution is 0.253. The lowest BCUT2D eigenvalue weighted by Gasteiger charge is -2.11. The van der Waals surface area contributed by atoms with Gasteiger partial charge in [0.1, 0.15) is 0 Å². The first-order valence-corrected chi connectivity index (χ1v) is 9.40. The summed E-state index contributed by atoms with van der Waals surface area (Å²) in [5.74, 6) is 0. The Morgan fingerprint density at radius 3 is 2.50 bits per heavy atom. The molecule has 0 saturated heterocycles. The number of benzene rings is 1. The molecular formula is C16H27O3P. The fraction of sp³-hybridized carbons (Fsp3) is 0.625. The molecule has 3 nitrogen and oxygen atoms in total. The SMILES string of the molecule is CCCCCCP(=O)(O)OCCCCc1ccccc1. The first kappa shape index (κ1) is 17.4. The summed E-state index contributed by atoms with van der Waals surface area (Å²) in [7, 11) is -3.34. The summed E-state index contributed by atoms with van der Waals surface area (Å²) in [5, 5.41) is 0. The van der Waals surface area contributed by atoms with Crippen LogP contribution in [0.5, 0.6) is 0 Å².